The Bertz CT molecular complexity index is 619. The van der Waals surface area contributed by atoms with Gasteiger partial charge in [-0.05, 0) is 35.7 Å². The summed E-state index contributed by atoms with van der Waals surface area (Å²) in [7, 11) is 1.62. The molecule has 1 unspecified atom stereocenters. The van der Waals surface area contributed by atoms with Crippen molar-refractivity contribution in [3.8, 4) is 11.5 Å². The molecule has 21 heavy (non-hydrogen) atoms. The predicted molar refractivity (Wildman–Crippen MR) is 81.8 cm³/mol. The molecular formula is C18H20O3. The molecule has 3 heteroatoms. The van der Waals surface area contributed by atoms with Gasteiger partial charge in [-0.3, -0.25) is 0 Å². The Labute approximate surface area is 125 Å². The maximum atomic E-state index is 10.4. The minimum Gasteiger partial charge on any atom is -0.497 e. The fourth-order valence-corrected chi connectivity index (χ4v) is 2.72. The van der Waals surface area contributed by atoms with Crippen LogP contribution in [-0.2, 0) is 6.42 Å². The lowest BCUT2D eigenvalue weighted by atomic mass is 9.94. The molecule has 1 aliphatic rings. The molecule has 0 aliphatic carbocycles. The molecule has 1 aliphatic heterocycles. The van der Waals surface area contributed by atoms with Crippen LogP contribution in [-0.4, -0.2) is 12.2 Å². The molecule has 3 rings (SSSR count). The number of rotatable bonds is 3. The summed E-state index contributed by atoms with van der Waals surface area (Å²) in [5.41, 5.74) is 3.21. The van der Waals surface area contributed by atoms with Gasteiger partial charge < -0.3 is 14.6 Å². The average Bonchev–Trinajstić information content (AvgIpc) is 2.54. The van der Waals surface area contributed by atoms with Crippen molar-refractivity contribution in [1.82, 2.24) is 0 Å². The molecule has 2 atom stereocenters. The van der Waals surface area contributed by atoms with Crippen LogP contribution in [0.1, 0.15) is 42.2 Å². The number of benzene rings is 2. The molecule has 0 bridgehead atoms. The van der Waals surface area contributed by atoms with Gasteiger partial charge in [0.25, 0.3) is 0 Å². The van der Waals surface area contributed by atoms with E-state index in [0.717, 1.165) is 29.0 Å². The van der Waals surface area contributed by atoms with Crippen LogP contribution >= 0.6 is 0 Å². The average molecular weight is 284 g/mol. The first-order chi connectivity index (χ1) is 10.2. The van der Waals surface area contributed by atoms with Gasteiger partial charge in [0.15, 0.2) is 0 Å². The van der Waals surface area contributed by atoms with Gasteiger partial charge in [-0.15, -0.1) is 0 Å². The topological polar surface area (TPSA) is 38.7 Å². The zero-order chi connectivity index (χ0) is 14.8. The Kier molecular flexibility index (Phi) is 3.84. The number of aliphatic hydroxyl groups excluding tert-OH is 1. The van der Waals surface area contributed by atoms with Crippen molar-refractivity contribution in [2.45, 2.75) is 32.0 Å². The highest BCUT2D eigenvalue weighted by Gasteiger charge is 2.28. The Morgan fingerprint density at radius 3 is 2.62 bits per heavy atom. The Morgan fingerprint density at radius 2 is 1.95 bits per heavy atom. The summed E-state index contributed by atoms with van der Waals surface area (Å²) >= 11 is 0. The molecule has 0 saturated heterocycles. The monoisotopic (exact) mass is 284 g/mol. The van der Waals surface area contributed by atoms with Crippen LogP contribution < -0.4 is 9.47 Å². The summed E-state index contributed by atoms with van der Waals surface area (Å²) in [5.74, 6) is 1.47. The molecular weight excluding hydrogens is 264 g/mol. The van der Waals surface area contributed by atoms with E-state index in [0.29, 0.717) is 6.42 Å². The molecule has 3 nitrogen and oxygen atoms in total. The van der Waals surface area contributed by atoms with Gasteiger partial charge in [-0.25, -0.2) is 0 Å². The third-order valence-corrected chi connectivity index (χ3v) is 4.04. The molecule has 2 aromatic rings. The van der Waals surface area contributed by atoms with Gasteiger partial charge in [0, 0.05) is 12.0 Å². The molecule has 0 amide bonds. The van der Waals surface area contributed by atoms with Crippen LogP contribution in [0.4, 0.5) is 0 Å². The highest BCUT2D eigenvalue weighted by molar-refractivity contribution is 5.43. The molecule has 0 aromatic heterocycles. The van der Waals surface area contributed by atoms with Crippen molar-refractivity contribution in [3.05, 3.63) is 59.2 Å². The molecule has 1 heterocycles. The second-order valence-electron chi connectivity index (χ2n) is 5.36. The summed E-state index contributed by atoms with van der Waals surface area (Å²) in [6.07, 6.45) is 0.953. The normalized spacial score (nSPS) is 20.5. The van der Waals surface area contributed by atoms with Crippen LogP contribution in [0.15, 0.2) is 42.5 Å². The van der Waals surface area contributed by atoms with E-state index in [1.165, 1.54) is 5.56 Å². The summed E-state index contributed by atoms with van der Waals surface area (Å²) in [5, 5.41) is 10.4. The SMILES string of the molecule is CCc1ccc(C2C[C@@H](O)c3cc(OC)ccc3O2)cc1. The van der Waals surface area contributed by atoms with E-state index in [1.54, 1.807) is 7.11 Å². The summed E-state index contributed by atoms with van der Waals surface area (Å²) in [6, 6.07) is 14.0. The number of methoxy groups -OCH3 is 1. The zero-order valence-electron chi connectivity index (χ0n) is 12.4. The number of hydrogen-bond acceptors (Lipinski definition) is 3. The number of aliphatic hydroxyl groups is 1. The highest BCUT2D eigenvalue weighted by Crippen LogP contribution is 2.42. The largest absolute Gasteiger partial charge is 0.497 e. The second-order valence-corrected chi connectivity index (χ2v) is 5.36. The zero-order valence-corrected chi connectivity index (χ0v) is 12.4. The van der Waals surface area contributed by atoms with Gasteiger partial charge in [-0.1, -0.05) is 31.2 Å². The van der Waals surface area contributed by atoms with Gasteiger partial charge >= 0.3 is 0 Å². The van der Waals surface area contributed by atoms with Crippen LogP contribution in [0, 0.1) is 0 Å². The van der Waals surface area contributed by atoms with E-state index in [2.05, 4.69) is 31.2 Å². The van der Waals surface area contributed by atoms with E-state index < -0.39 is 6.10 Å². The third-order valence-electron chi connectivity index (χ3n) is 4.04. The van der Waals surface area contributed by atoms with Gasteiger partial charge in [-0.2, -0.15) is 0 Å². The van der Waals surface area contributed by atoms with E-state index in [9.17, 15) is 5.11 Å². The van der Waals surface area contributed by atoms with E-state index in [4.69, 9.17) is 9.47 Å². The number of aryl methyl sites for hydroxylation is 1. The summed E-state index contributed by atoms with van der Waals surface area (Å²) in [6.45, 7) is 2.14. The lowest BCUT2D eigenvalue weighted by Crippen LogP contribution is -2.19. The Morgan fingerprint density at radius 1 is 1.19 bits per heavy atom. The van der Waals surface area contributed by atoms with Crippen molar-refractivity contribution in [1.29, 1.82) is 0 Å². The molecule has 0 spiro atoms. The van der Waals surface area contributed by atoms with Crippen LogP contribution in [0.25, 0.3) is 0 Å². The van der Waals surface area contributed by atoms with Crippen LogP contribution in [0.2, 0.25) is 0 Å². The summed E-state index contributed by atoms with van der Waals surface area (Å²) in [4.78, 5) is 0. The Balaban J connectivity index is 1.87. The van der Waals surface area contributed by atoms with Crippen LogP contribution in [0.5, 0.6) is 11.5 Å². The molecule has 0 saturated carbocycles. The molecule has 110 valence electrons. The molecule has 1 N–H and O–H groups in total. The summed E-state index contributed by atoms with van der Waals surface area (Å²) < 4.78 is 11.2. The predicted octanol–water partition coefficient (Wildman–Crippen LogP) is 3.81. The lowest BCUT2D eigenvalue weighted by Gasteiger charge is -2.30. The van der Waals surface area contributed by atoms with E-state index in [-0.39, 0.29) is 6.10 Å². The molecule has 0 radical (unpaired) electrons. The fraction of sp³-hybridized carbons (Fsp3) is 0.333. The van der Waals surface area contributed by atoms with E-state index >= 15 is 0 Å². The molecule has 0 fully saturated rings. The Hall–Kier alpha value is -2.00. The maximum absolute atomic E-state index is 10.4. The smallest absolute Gasteiger partial charge is 0.127 e. The standard InChI is InChI=1S/C18H20O3/c1-3-12-4-6-13(7-5-12)18-11-16(19)15-10-14(20-2)8-9-17(15)21-18/h4-10,16,18-19H,3,11H2,1-2H3/t16-,18?/m1/s1. The quantitative estimate of drug-likeness (QED) is 0.931. The lowest BCUT2D eigenvalue weighted by molar-refractivity contribution is 0.0654. The number of fused-ring (bicyclic) bond motifs is 1. The van der Waals surface area contributed by atoms with Crippen molar-refractivity contribution >= 4 is 0 Å². The first-order valence-corrected chi connectivity index (χ1v) is 7.32. The number of ether oxygens (including phenoxy) is 2. The van der Waals surface area contributed by atoms with Gasteiger partial charge in [0.2, 0.25) is 0 Å². The second kappa shape index (κ2) is 5.78. The highest BCUT2D eigenvalue weighted by atomic mass is 16.5. The van der Waals surface area contributed by atoms with Crippen molar-refractivity contribution < 1.29 is 14.6 Å². The van der Waals surface area contributed by atoms with Crippen molar-refractivity contribution in [2.75, 3.05) is 7.11 Å². The van der Waals surface area contributed by atoms with E-state index in [1.807, 2.05) is 18.2 Å². The number of hydrogen-bond donors (Lipinski definition) is 1. The first-order valence-electron chi connectivity index (χ1n) is 7.32. The third kappa shape index (κ3) is 2.74. The van der Waals surface area contributed by atoms with Gasteiger partial charge in [0.1, 0.15) is 17.6 Å². The van der Waals surface area contributed by atoms with Crippen molar-refractivity contribution in [3.63, 3.8) is 0 Å². The fourth-order valence-electron chi connectivity index (χ4n) is 2.72. The maximum Gasteiger partial charge on any atom is 0.127 e. The van der Waals surface area contributed by atoms with Crippen molar-refractivity contribution in [2.24, 2.45) is 0 Å². The van der Waals surface area contributed by atoms with Crippen LogP contribution in [0.3, 0.4) is 0 Å². The first kappa shape index (κ1) is 14.0. The van der Waals surface area contributed by atoms with Gasteiger partial charge in [0.05, 0.1) is 13.2 Å². The minimum absolute atomic E-state index is 0.105. The minimum atomic E-state index is -0.528. The molecule has 2 aromatic carbocycles.